The van der Waals surface area contributed by atoms with Gasteiger partial charge in [-0.2, -0.15) is 0 Å². The molecule has 0 aliphatic carbocycles. The van der Waals surface area contributed by atoms with Gasteiger partial charge in [0.05, 0.1) is 0 Å². The van der Waals surface area contributed by atoms with Crippen LogP contribution in [0, 0.1) is 11.8 Å². The zero-order chi connectivity index (χ0) is 13.2. The lowest BCUT2D eigenvalue weighted by atomic mass is 9.91. The highest BCUT2D eigenvalue weighted by atomic mass is 15.1. The highest BCUT2D eigenvalue weighted by molar-refractivity contribution is 5.54. The summed E-state index contributed by atoms with van der Waals surface area (Å²) < 4.78 is 0. The van der Waals surface area contributed by atoms with Crippen LogP contribution >= 0.6 is 0 Å². The van der Waals surface area contributed by atoms with E-state index in [0.29, 0.717) is 0 Å². The van der Waals surface area contributed by atoms with Crippen LogP contribution in [0.2, 0.25) is 0 Å². The Morgan fingerprint density at radius 3 is 2.79 bits per heavy atom. The van der Waals surface area contributed by atoms with Crippen molar-refractivity contribution in [1.29, 1.82) is 0 Å². The molecule has 3 rings (SSSR count). The normalized spacial score (nSPS) is 27.7. The maximum Gasteiger partial charge on any atom is 0.0372 e. The van der Waals surface area contributed by atoms with Crippen molar-refractivity contribution in [2.24, 2.45) is 11.8 Å². The molecule has 0 radical (unpaired) electrons. The summed E-state index contributed by atoms with van der Waals surface area (Å²) in [6.07, 6.45) is 3.90. The van der Waals surface area contributed by atoms with Gasteiger partial charge >= 0.3 is 0 Å². The number of likely N-dealkylation sites (tertiary alicyclic amines) is 1. The second kappa shape index (κ2) is 5.54. The Bertz CT molecular complexity index is 431. The van der Waals surface area contributed by atoms with Crippen molar-refractivity contribution in [3.63, 3.8) is 0 Å². The molecule has 19 heavy (non-hydrogen) atoms. The van der Waals surface area contributed by atoms with Crippen LogP contribution in [-0.4, -0.2) is 24.5 Å². The highest BCUT2D eigenvalue weighted by Crippen LogP contribution is 2.26. The molecule has 1 aromatic carbocycles. The summed E-state index contributed by atoms with van der Waals surface area (Å²) >= 11 is 0. The number of nitrogens with zero attached hydrogens (tertiary/aromatic N) is 1. The van der Waals surface area contributed by atoms with Gasteiger partial charge in [-0.15, -0.1) is 0 Å². The fourth-order valence-electron chi connectivity index (χ4n) is 3.81. The molecule has 2 atom stereocenters. The number of rotatable bonds is 2. The molecule has 1 fully saturated rings. The molecule has 0 bridgehead atoms. The second-order valence-electron chi connectivity index (χ2n) is 6.66. The molecule has 0 aromatic heterocycles. The molecule has 0 spiro atoms. The van der Waals surface area contributed by atoms with Gasteiger partial charge in [0.15, 0.2) is 0 Å². The lowest BCUT2D eigenvalue weighted by Gasteiger charge is -2.35. The average molecular weight is 258 g/mol. The van der Waals surface area contributed by atoms with Crippen LogP contribution in [0.15, 0.2) is 18.2 Å². The number of benzene rings is 1. The maximum absolute atomic E-state index is 3.49. The minimum atomic E-state index is 0.850. The van der Waals surface area contributed by atoms with E-state index >= 15 is 0 Å². The topological polar surface area (TPSA) is 15.3 Å². The molecule has 2 nitrogen and oxygen atoms in total. The summed E-state index contributed by atoms with van der Waals surface area (Å²) in [7, 11) is 0. The van der Waals surface area contributed by atoms with E-state index in [1.807, 2.05) is 0 Å². The van der Waals surface area contributed by atoms with E-state index in [0.717, 1.165) is 24.9 Å². The fraction of sp³-hybridized carbons (Fsp3) is 0.647. The summed E-state index contributed by atoms with van der Waals surface area (Å²) in [5.74, 6) is 1.70. The van der Waals surface area contributed by atoms with Gasteiger partial charge in [-0.3, -0.25) is 4.90 Å². The Balaban J connectivity index is 1.69. The molecule has 1 saturated heterocycles. The maximum atomic E-state index is 3.49. The van der Waals surface area contributed by atoms with Crippen molar-refractivity contribution < 1.29 is 0 Å². The third-order valence-corrected chi connectivity index (χ3v) is 4.46. The van der Waals surface area contributed by atoms with Gasteiger partial charge in [0, 0.05) is 31.9 Å². The molecular formula is C17H26N2. The van der Waals surface area contributed by atoms with Crippen LogP contribution in [-0.2, 0) is 13.0 Å². The van der Waals surface area contributed by atoms with Gasteiger partial charge < -0.3 is 5.32 Å². The van der Waals surface area contributed by atoms with Gasteiger partial charge in [-0.25, -0.2) is 0 Å². The standard InChI is InChI=1S/C17H26N2/c1-13-8-14(2)11-19(10-13)12-15-5-6-17-16(9-15)4-3-7-18-17/h5-6,9,13-14,18H,3-4,7-8,10-12H2,1-2H3. The van der Waals surface area contributed by atoms with Crippen LogP contribution in [0.3, 0.4) is 0 Å². The van der Waals surface area contributed by atoms with Crippen molar-refractivity contribution in [2.45, 2.75) is 39.7 Å². The van der Waals surface area contributed by atoms with Crippen molar-refractivity contribution in [3.05, 3.63) is 29.3 Å². The third kappa shape index (κ3) is 3.11. The summed E-state index contributed by atoms with van der Waals surface area (Å²) in [4.78, 5) is 2.64. The largest absolute Gasteiger partial charge is 0.385 e. The highest BCUT2D eigenvalue weighted by Gasteiger charge is 2.21. The van der Waals surface area contributed by atoms with Crippen LogP contribution in [0.5, 0.6) is 0 Å². The van der Waals surface area contributed by atoms with Gasteiger partial charge in [-0.1, -0.05) is 26.0 Å². The van der Waals surface area contributed by atoms with Crippen molar-refractivity contribution in [3.8, 4) is 0 Å². The zero-order valence-corrected chi connectivity index (χ0v) is 12.3. The van der Waals surface area contributed by atoms with Crippen LogP contribution in [0.4, 0.5) is 5.69 Å². The predicted molar refractivity (Wildman–Crippen MR) is 81.5 cm³/mol. The first kappa shape index (κ1) is 13.0. The second-order valence-corrected chi connectivity index (χ2v) is 6.66. The van der Waals surface area contributed by atoms with Crippen LogP contribution < -0.4 is 5.32 Å². The van der Waals surface area contributed by atoms with Gasteiger partial charge in [0.2, 0.25) is 0 Å². The third-order valence-electron chi connectivity index (χ3n) is 4.46. The first-order valence-electron chi connectivity index (χ1n) is 7.79. The predicted octanol–water partition coefficient (Wildman–Crippen LogP) is 3.52. The SMILES string of the molecule is CC1CC(C)CN(Cc2ccc3c(c2)CCCN3)C1. The van der Waals surface area contributed by atoms with Gasteiger partial charge in [0.25, 0.3) is 0 Å². The van der Waals surface area contributed by atoms with Crippen LogP contribution in [0.1, 0.15) is 37.8 Å². The summed E-state index contributed by atoms with van der Waals surface area (Å²) in [5, 5.41) is 3.49. The molecule has 1 N–H and O–H groups in total. The van der Waals surface area contributed by atoms with Crippen molar-refractivity contribution in [2.75, 3.05) is 25.0 Å². The lowest BCUT2D eigenvalue weighted by molar-refractivity contribution is 0.134. The minimum Gasteiger partial charge on any atom is -0.385 e. The number of hydrogen-bond acceptors (Lipinski definition) is 2. The van der Waals surface area contributed by atoms with Crippen molar-refractivity contribution in [1.82, 2.24) is 4.90 Å². The molecule has 2 heterocycles. The van der Waals surface area contributed by atoms with E-state index in [-0.39, 0.29) is 0 Å². The molecule has 2 unspecified atom stereocenters. The van der Waals surface area contributed by atoms with E-state index in [1.165, 1.54) is 49.2 Å². The fourth-order valence-corrected chi connectivity index (χ4v) is 3.81. The Kier molecular flexibility index (Phi) is 3.79. The Hall–Kier alpha value is -1.02. The molecule has 2 aliphatic rings. The number of piperidine rings is 1. The molecule has 2 heteroatoms. The van der Waals surface area contributed by atoms with E-state index < -0.39 is 0 Å². The Morgan fingerprint density at radius 1 is 1.21 bits per heavy atom. The molecule has 104 valence electrons. The average Bonchev–Trinajstić information content (AvgIpc) is 2.37. The summed E-state index contributed by atoms with van der Waals surface area (Å²) in [6, 6.07) is 7.01. The number of hydrogen-bond donors (Lipinski definition) is 1. The first-order valence-corrected chi connectivity index (χ1v) is 7.79. The summed E-state index contributed by atoms with van der Waals surface area (Å²) in [6.45, 7) is 9.56. The number of aryl methyl sites for hydroxylation is 1. The minimum absolute atomic E-state index is 0.850. The molecule has 2 aliphatic heterocycles. The lowest BCUT2D eigenvalue weighted by Crippen LogP contribution is -2.38. The molecular weight excluding hydrogens is 232 g/mol. The quantitative estimate of drug-likeness (QED) is 0.873. The molecule has 1 aromatic rings. The number of anilines is 1. The first-order chi connectivity index (χ1) is 9.20. The van der Waals surface area contributed by atoms with Gasteiger partial charge in [-0.05, 0) is 48.3 Å². The van der Waals surface area contributed by atoms with Crippen LogP contribution in [0.25, 0.3) is 0 Å². The smallest absolute Gasteiger partial charge is 0.0372 e. The van der Waals surface area contributed by atoms with Gasteiger partial charge in [0.1, 0.15) is 0 Å². The van der Waals surface area contributed by atoms with Crippen molar-refractivity contribution >= 4 is 5.69 Å². The van der Waals surface area contributed by atoms with E-state index in [2.05, 4.69) is 42.3 Å². The Labute approximate surface area is 117 Å². The summed E-state index contributed by atoms with van der Waals surface area (Å²) in [5.41, 5.74) is 4.36. The number of fused-ring (bicyclic) bond motifs is 1. The molecule has 0 saturated carbocycles. The zero-order valence-electron chi connectivity index (χ0n) is 12.3. The van der Waals surface area contributed by atoms with E-state index in [4.69, 9.17) is 0 Å². The Morgan fingerprint density at radius 2 is 2.00 bits per heavy atom. The van der Waals surface area contributed by atoms with E-state index in [1.54, 1.807) is 0 Å². The monoisotopic (exact) mass is 258 g/mol. The molecule has 0 amide bonds. The van der Waals surface area contributed by atoms with E-state index in [9.17, 15) is 0 Å². The number of nitrogens with one attached hydrogen (secondary N) is 1.